The first-order valence-electron chi connectivity index (χ1n) is 6.23. The number of nitrogens with one attached hydrogen (secondary N) is 1. The Morgan fingerprint density at radius 1 is 1.53 bits per heavy atom. The standard InChI is InChI=1S/C12H23NO4/c1-3-13-12(11(14)15)6-5-10(9-12)17-8-4-7-16-2/h10,13H,3-9H2,1-2H3,(H,14,15). The minimum Gasteiger partial charge on any atom is -0.480 e. The zero-order valence-corrected chi connectivity index (χ0v) is 10.7. The van der Waals surface area contributed by atoms with Crippen molar-refractivity contribution in [1.82, 2.24) is 5.32 Å². The Labute approximate surface area is 102 Å². The topological polar surface area (TPSA) is 67.8 Å². The maximum atomic E-state index is 11.3. The van der Waals surface area contributed by atoms with Gasteiger partial charge in [-0.2, -0.15) is 0 Å². The van der Waals surface area contributed by atoms with E-state index in [2.05, 4.69) is 5.32 Å². The number of hydrogen-bond donors (Lipinski definition) is 2. The lowest BCUT2D eigenvalue weighted by atomic mass is 9.98. The average molecular weight is 245 g/mol. The van der Waals surface area contributed by atoms with E-state index in [0.29, 0.717) is 32.6 Å². The van der Waals surface area contributed by atoms with Gasteiger partial charge in [0.05, 0.1) is 6.10 Å². The second-order valence-corrected chi connectivity index (χ2v) is 4.50. The number of carboxylic acids is 1. The van der Waals surface area contributed by atoms with Crippen LogP contribution in [0.4, 0.5) is 0 Å². The molecule has 0 saturated heterocycles. The molecule has 2 atom stereocenters. The maximum Gasteiger partial charge on any atom is 0.323 e. The summed E-state index contributed by atoms with van der Waals surface area (Å²) in [5, 5.41) is 12.4. The highest BCUT2D eigenvalue weighted by Gasteiger charge is 2.45. The van der Waals surface area contributed by atoms with Crippen molar-refractivity contribution in [3.8, 4) is 0 Å². The monoisotopic (exact) mass is 245 g/mol. The SMILES string of the molecule is CCNC1(C(=O)O)CCC(OCCCOC)C1. The number of carbonyl (C=O) groups is 1. The molecule has 0 aromatic rings. The summed E-state index contributed by atoms with van der Waals surface area (Å²) >= 11 is 0. The van der Waals surface area contributed by atoms with Gasteiger partial charge >= 0.3 is 5.97 Å². The first-order chi connectivity index (χ1) is 8.14. The van der Waals surface area contributed by atoms with E-state index in [1.165, 1.54) is 0 Å². The van der Waals surface area contributed by atoms with Gasteiger partial charge in [0.2, 0.25) is 0 Å². The summed E-state index contributed by atoms with van der Waals surface area (Å²) in [5.41, 5.74) is -0.777. The normalized spacial score (nSPS) is 28.5. The Balaban J connectivity index is 2.35. The van der Waals surface area contributed by atoms with Crippen LogP contribution < -0.4 is 5.32 Å². The van der Waals surface area contributed by atoms with Gasteiger partial charge in [-0.3, -0.25) is 4.79 Å². The van der Waals surface area contributed by atoms with Crippen molar-refractivity contribution in [3.05, 3.63) is 0 Å². The lowest BCUT2D eigenvalue weighted by Gasteiger charge is -2.25. The molecule has 0 radical (unpaired) electrons. The van der Waals surface area contributed by atoms with Crippen LogP contribution in [0.2, 0.25) is 0 Å². The Bertz CT molecular complexity index is 247. The summed E-state index contributed by atoms with van der Waals surface area (Å²) < 4.78 is 10.6. The minimum atomic E-state index is -0.777. The highest BCUT2D eigenvalue weighted by atomic mass is 16.5. The molecule has 0 amide bonds. The van der Waals surface area contributed by atoms with Crippen LogP contribution in [0.5, 0.6) is 0 Å². The molecule has 0 aromatic carbocycles. The summed E-state index contributed by atoms with van der Waals surface area (Å²) in [6.07, 6.45) is 2.93. The van der Waals surface area contributed by atoms with Gasteiger partial charge < -0.3 is 19.9 Å². The van der Waals surface area contributed by atoms with Gasteiger partial charge in [-0.05, 0) is 25.8 Å². The molecule has 0 aliphatic heterocycles. The van der Waals surface area contributed by atoms with Gasteiger partial charge in [-0.15, -0.1) is 0 Å². The fraction of sp³-hybridized carbons (Fsp3) is 0.917. The van der Waals surface area contributed by atoms with Gasteiger partial charge in [-0.1, -0.05) is 6.92 Å². The van der Waals surface area contributed by atoms with Gasteiger partial charge in [0.25, 0.3) is 0 Å². The van der Waals surface area contributed by atoms with E-state index in [9.17, 15) is 9.90 Å². The Morgan fingerprint density at radius 2 is 2.29 bits per heavy atom. The first kappa shape index (κ1) is 14.4. The van der Waals surface area contributed by atoms with Crippen LogP contribution in [-0.2, 0) is 14.3 Å². The van der Waals surface area contributed by atoms with E-state index in [4.69, 9.17) is 9.47 Å². The van der Waals surface area contributed by atoms with Crippen molar-refractivity contribution in [2.24, 2.45) is 0 Å². The lowest BCUT2D eigenvalue weighted by molar-refractivity contribution is -0.145. The third-order valence-electron chi connectivity index (χ3n) is 3.24. The summed E-state index contributed by atoms with van der Waals surface area (Å²) in [7, 11) is 1.66. The fourth-order valence-electron chi connectivity index (χ4n) is 2.36. The quantitative estimate of drug-likeness (QED) is 0.625. The minimum absolute atomic E-state index is 0.0574. The molecule has 2 N–H and O–H groups in total. The highest BCUT2D eigenvalue weighted by Crippen LogP contribution is 2.32. The molecule has 0 bridgehead atoms. The van der Waals surface area contributed by atoms with Gasteiger partial charge in [0.15, 0.2) is 0 Å². The zero-order chi connectivity index (χ0) is 12.7. The molecule has 5 nitrogen and oxygen atoms in total. The van der Waals surface area contributed by atoms with Crippen molar-refractivity contribution in [2.45, 2.75) is 44.2 Å². The third kappa shape index (κ3) is 3.94. The van der Waals surface area contributed by atoms with E-state index in [1.807, 2.05) is 6.92 Å². The molecule has 100 valence electrons. The second-order valence-electron chi connectivity index (χ2n) is 4.50. The Hall–Kier alpha value is -0.650. The van der Waals surface area contributed by atoms with Crippen LogP contribution in [0, 0.1) is 0 Å². The predicted molar refractivity (Wildman–Crippen MR) is 64.1 cm³/mol. The van der Waals surface area contributed by atoms with Crippen molar-refractivity contribution in [2.75, 3.05) is 26.9 Å². The fourth-order valence-corrected chi connectivity index (χ4v) is 2.36. The van der Waals surface area contributed by atoms with Crippen LogP contribution in [0.1, 0.15) is 32.6 Å². The molecule has 0 spiro atoms. The third-order valence-corrected chi connectivity index (χ3v) is 3.24. The molecule has 1 saturated carbocycles. The van der Waals surface area contributed by atoms with Gasteiger partial charge in [-0.25, -0.2) is 0 Å². The molecular formula is C12H23NO4. The van der Waals surface area contributed by atoms with Gasteiger partial charge in [0, 0.05) is 26.7 Å². The first-order valence-corrected chi connectivity index (χ1v) is 6.23. The highest BCUT2D eigenvalue weighted by molar-refractivity contribution is 5.79. The lowest BCUT2D eigenvalue weighted by Crippen LogP contribution is -2.50. The molecule has 1 aliphatic carbocycles. The van der Waals surface area contributed by atoms with E-state index in [1.54, 1.807) is 7.11 Å². The summed E-state index contributed by atoms with van der Waals surface area (Å²) in [6.45, 7) is 3.92. The van der Waals surface area contributed by atoms with Gasteiger partial charge in [0.1, 0.15) is 5.54 Å². The predicted octanol–water partition coefficient (Wildman–Crippen LogP) is 1.02. The number of aliphatic carboxylic acids is 1. The van der Waals surface area contributed by atoms with Crippen LogP contribution in [0.15, 0.2) is 0 Å². The number of likely N-dealkylation sites (N-methyl/N-ethyl adjacent to an activating group) is 1. The molecule has 0 aromatic heterocycles. The van der Waals surface area contributed by atoms with Crippen molar-refractivity contribution >= 4 is 5.97 Å². The molecular weight excluding hydrogens is 222 g/mol. The summed E-state index contributed by atoms with van der Waals surface area (Å²) in [5.74, 6) is -0.762. The number of methoxy groups -OCH3 is 1. The van der Waals surface area contributed by atoms with Crippen LogP contribution in [0.3, 0.4) is 0 Å². The van der Waals surface area contributed by atoms with E-state index >= 15 is 0 Å². The van der Waals surface area contributed by atoms with Crippen molar-refractivity contribution in [1.29, 1.82) is 0 Å². The zero-order valence-electron chi connectivity index (χ0n) is 10.7. The molecule has 1 rings (SSSR count). The number of ether oxygens (including phenoxy) is 2. The average Bonchev–Trinajstić information content (AvgIpc) is 2.70. The van der Waals surface area contributed by atoms with Crippen LogP contribution in [0.25, 0.3) is 0 Å². The van der Waals surface area contributed by atoms with E-state index in [-0.39, 0.29) is 6.10 Å². The van der Waals surface area contributed by atoms with E-state index < -0.39 is 11.5 Å². The van der Waals surface area contributed by atoms with Crippen LogP contribution in [-0.4, -0.2) is 49.6 Å². The van der Waals surface area contributed by atoms with Crippen molar-refractivity contribution < 1.29 is 19.4 Å². The maximum absolute atomic E-state index is 11.3. The molecule has 5 heteroatoms. The smallest absolute Gasteiger partial charge is 0.323 e. The molecule has 1 fully saturated rings. The van der Waals surface area contributed by atoms with Crippen LogP contribution >= 0.6 is 0 Å². The summed E-state index contributed by atoms with van der Waals surface area (Å²) in [6, 6.07) is 0. The van der Waals surface area contributed by atoms with E-state index in [0.717, 1.165) is 12.8 Å². The Morgan fingerprint density at radius 3 is 2.88 bits per heavy atom. The molecule has 17 heavy (non-hydrogen) atoms. The number of carboxylic acid groups (broad SMARTS) is 1. The summed E-state index contributed by atoms with van der Waals surface area (Å²) in [4.78, 5) is 11.3. The largest absolute Gasteiger partial charge is 0.480 e. The second kappa shape index (κ2) is 6.93. The van der Waals surface area contributed by atoms with Crippen molar-refractivity contribution in [3.63, 3.8) is 0 Å². The number of rotatable bonds is 8. The molecule has 0 heterocycles. The molecule has 1 aliphatic rings. The molecule has 2 unspecified atom stereocenters. The Kier molecular flexibility index (Phi) is 5.88. The number of hydrogen-bond acceptors (Lipinski definition) is 4.